The zero-order valence-electron chi connectivity index (χ0n) is 33.5. The molecule has 1 aliphatic rings. The SMILES string of the molecule is C1=Cc2c(sc3c(-c4ccc(-n5c6ccccc6c6cc(-c7ccc(N(c8ccccc8)c8ccc(-c9cccc%10ccccc9%10)cc8)cc7)ccc65)cc4)cccc23)CC1. The van der Waals surface area contributed by atoms with Crippen LogP contribution in [0.3, 0.4) is 0 Å². The van der Waals surface area contributed by atoms with Crippen molar-refractivity contribution in [1.82, 2.24) is 4.57 Å². The number of para-hydroxylation sites is 2. The molecule has 2 heterocycles. The highest BCUT2D eigenvalue weighted by Crippen LogP contribution is 2.43. The summed E-state index contributed by atoms with van der Waals surface area (Å²) in [5.41, 5.74) is 15.8. The summed E-state index contributed by atoms with van der Waals surface area (Å²) in [6.45, 7) is 0. The van der Waals surface area contributed by atoms with Crippen molar-refractivity contribution < 1.29 is 0 Å². The molecule has 3 heteroatoms. The molecule has 0 spiro atoms. The van der Waals surface area contributed by atoms with Crippen molar-refractivity contribution in [2.24, 2.45) is 0 Å². The van der Waals surface area contributed by atoms with Crippen LogP contribution < -0.4 is 4.90 Å². The summed E-state index contributed by atoms with van der Waals surface area (Å²) in [6, 6.07) is 75.5. The van der Waals surface area contributed by atoms with Crippen LogP contribution in [-0.2, 0) is 6.42 Å². The third-order valence-electron chi connectivity index (χ3n) is 12.5. The molecule has 0 saturated heterocycles. The van der Waals surface area contributed by atoms with Gasteiger partial charge in [-0.3, -0.25) is 0 Å². The van der Waals surface area contributed by atoms with E-state index >= 15 is 0 Å². The first-order valence-corrected chi connectivity index (χ1v) is 22.0. The number of allylic oxidation sites excluding steroid dienone is 1. The fourth-order valence-electron chi connectivity index (χ4n) is 9.51. The van der Waals surface area contributed by atoms with Crippen molar-refractivity contribution in [3.8, 4) is 39.1 Å². The van der Waals surface area contributed by atoms with Gasteiger partial charge in [-0.2, -0.15) is 0 Å². The first-order chi connectivity index (χ1) is 30.2. The number of anilines is 3. The number of thiophene rings is 1. The molecule has 2 nitrogen and oxygen atoms in total. The molecule has 9 aromatic carbocycles. The molecule has 288 valence electrons. The highest BCUT2D eigenvalue weighted by atomic mass is 32.1. The average molecular weight is 797 g/mol. The van der Waals surface area contributed by atoms with Crippen molar-refractivity contribution in [3.63, 3.8) is 0 Å². The molecule has 11 aromatic rings. The summed E-state index contributed by atoms with van der Waals surface area (Å²) in [6.07, 6.45) is 6.91. The Labute approximate surface area is 359 Å². The lowest BCUT2D eigenvalue weighted by Crippen LogP contribution is -2.09. The van der Waals surface area contributed by atoms with Crippen LogP contribution in [0.25, 0.3) is 87.8 Å². The van der Waals surface area contributed by atoms with Gasteiger partial charge in [0.15, 0.2) is 0 Å². The van der Waals surface area contributed by atoms with Crippen LogP contribution in [0, 0.1) is 0 Å². The second kappa shape index (κ2) is 14.7. The van der Waals surface area contributed by atoms with Gasteiger partial charge in [-0.25, -0.2) is 0 Å². The van der Waals surface area contributed by atoms with Gasteiger partial charge in [-0.15, -0.1) is 11.3 Å². The van der Waals surface area contributed by atoms with Gasteiger partial charge in [-0.05, 0) is 129 Å². The lowest BCUT2D eigenvalue weighted by Gasteiger charge is -2.26. The Hall–Kier alpha value is -7.46. The Balaban J connectivity index is 0.879. The monoisotopic (exact) mass is 796 g/mol. The van der Waals surface area contributed by atoms with E-state index in [1.54, 1.807) is 0 Å². The van der Waals surface area contributed by atoms with E-state index in [1.165, 1.54) is 92.2 Å². The minimum Gasteiger partial charge on any atom is -0.311 e. The molecule has 1 aliphatic carbocycles. The maximum atomic E-state index is 2.42. The zero-order valence-corrected chi connectivity index (χ0v) is 34.3. The van der Waals surface area contributed by atoms with Crippen molar-refractivity contribution >= 4 is 77.1 Å². The molecule has 61 heavy (non-hydrogen) atoms. The molecule has 0 bridgehead atoms. The smallest absolute Gasteiger partial charge is 0.0541 e. The molecule has 0 aliphatic heterocycles. The second-order valence-corrected chi connectivity index (χ2v) is 17.1. The molecular formula is C58H40N2S. The summed E-state index contributed by atoms with van der Waals surface area (Å²) >= 11 is 1.97. The Morgan fingerprint density at radius 3 is 1.84 bits per heavy atom. The minimum absolute atomic E-state index is 1.11. The number of nitrogens with zero attached hydrogens (tertiary/aromatic N) is 2. The van der Waals surface area contributed by atoms with E-state index in [0.717, 1.165) is 29.9 Å². The topological polar surface area (TPSA) is 8.17 Å². The van der Waals surface area contributed by atoms with Crippen LogP contribution in [0.5, 0.6) is 0 Å². The summed E-state index contributed by atoms with van der Waals surface area (Å²) < 4.78 is 3.81. The van der Waals surface area contributed by atoms with Crippen LogP contribution in [0.15, 0.2) is 212 Å². The number of aromatic nitrogens is 1. The quantitative estimate of drug-likeness (QED) is 0.156. The van der Waals surface area contributed by atoms with Gasteiger partial charge in [0.1, 0.15) is 0 Å². The molecule has 0 amide bonds. The van der Waals surface area contributed by atoms with Gasteiger partial charge in [0.05, 0.1) is 11.0 Å². The normalized spacial score (nSPS) is 12.4. The minimum atomic E-state index is 1.11. The van der Waals surface area contributed by atoms with Gasteiger partial charge >= 0.3 is 0 Å². The van der Waals surface area contributed by atoms with Crippen molar-refractivity contribution in [1.29, 1.82) is 0 Å². The van der Waals surface area contributed by atoms with Crippen LogP contribution >= 0.6 is 11.3 Å². The highest BCUT2D eigenvalue weighted by Gasteiger charge is 2.18. The molecule has 0 saturated carbocycles. The third kappa shape index (κ3) is 6.08. The van der Waals surface area contributed by atoms with Crippen molar-refractivity contribution in [3.05, 3.63) is 223 Å². The Kier molecular flexibility index (Phi) is 8.53. The second-order valence-electron chi connectivity index (χ2n) is 16.0. The Morgan fingerprint density at radius 1 is 0.426 bits per heavy atom. The lowest BCUT2D eigenvalue weighted by molar-refractivity contribution is 1.02. The van der Waals surface area contributed by atoms with E-state index in [2.05, 4.69) is 228 Å². The third-order valence-corrected chi connectivity index (χ3v) is 13.8. The maximum Gasteiger partial charge on any atom is 0.0541 e. The van der Waals surface area contributed by atoms with Crippen LogP contribution in [-0.4, -0.2) is 4.57 Å². The molecular weight excluding hydrogens is 757 g/mol. The van der Waals surface area contributed by atoms with E-state index in [-0.39, 0.29) is 0 Å². The Bertz CT molecular complexity index is 3440. The molecule has 0 unspecified atom stereocenters. The van der Waals surface area contributed by atoms with E-state index in [4.69, 9.17) is 0 Å². The molecule has 0 atom stereocenters. The van der Waals surface area contributed by atoms with Gasteiger partial charge < -0.3 is 9.47 Å². The maximum absolute atomic E-state index is 2.42. The van der Waals surface area contributed by atoms with Gasteiger partial charge in [0, 0.05) is 48.5 Å². The fourth-order valence-corrected chi connectivity index (χ4v) is 10.9. The largest absolute Gasteiger partial charge is 0.311 e. The highest BCUT2D eigenvalue weighted by molar-refractivity contribution is 7.20. The molecule has 0 radical (unpaired) electrons. The number of aryl methyl sites for hydroxylation is 1. The van der Waals surface area contributed by atoms with Gasteiger partial charge in [0.25, 0.3) is 0 Å². The standard InChI is InChI=1S/C58H40N2S/c1-2-14-44(15-3-1)59(46-33-26-41(27-34-46)49-19-10-13-40-12-4-5-16-48(40)49)45-31-24-39(25-32-45)43-30-37-56-54(38-43)51-17-6-8-22-55(51)60(56)47-35-28-42(29-36-47)50-20-11-21-53-52-18-7-9-23-57(52)61-58(50)53/h1-8,10-22,24-38H,9,23H2. The summed E-state index contributed by atoms with van der Waals surface area (Å²) in [4.78, 5) is 3.85. The average Bonchev–Trinajstić information content (AvgIpc) is 3.88. The number of fused-ring (bicyclic) bond motifs is 7. The summed E-state index contributed by atoms with van der Waals surface area (Å²) in [5, 5.41) is 6.40. The Morgan fingerprint density at radius 2 is 1.02 bits per heavy atom. The number of benzene rings is 9. The van der Waals surface area contributed by atoms with Crippen LogP contribution in [0.4, 0.5) is 17.1 Å². The molecule has 0 fully saturated rings. The first kappa shape index (κ1) is 35.5. The van der Waals surface area contributed by atoms with E-state index in [0.29, 0.717) is 0 Å². The number of hydrogen-bond donors (Lipinski definition) is 0. The molecule has 0 N–H and O–H groups in total. The number of hydrogen-bond acceptors (Lipinski definition) is 2. The summed E-state index contributed by atoms with van der Waals surface area (Å²) in [7, 11) is 0. The number of rotatable bonds is 7. The van der Waals surface area contributed by atoms with E-state index < -0.39 is 0 Å². The van der Waals surface area contributed by atoms with Gasteiger partial charge in [-0.1, -0.05) is 152 Å². The molecule has 12 rings (SSSR count). The van der Waals surface area contributed by atoms with Gasteiger partial charge in [0.2, 0.25) is 0 Å². The molecule has 2 aromatic heterocycles. The van der Waals surface area contributed by atoms with E-state index in [1.807, 2.05) is 11.3 Å². The lowest BCUT2D eigenvalue weighted by atomic mass is 9.98. The van der Waals surface area contributed by atoms with Crippen LogP contribution in [0.2, 0.25) is 0 Å². The van der Waals surface area contributed by atoms with E-state index in [9.17, 15) is 0 Å². The first-order valence-electron chi connectivity index (χ1n) is 21.1. The fraction of sp³-hybridized carbons (Fsp3) is 0.0345. The van der Waals surface area contributed by atoms with Crippen molar-refractivity contribution in [2.75, 3.05) is 4.90 Å². The van der Waals surface area contributed by atoms with Crippen molar-refractivity contribution in [2.45, 2.75) is 12.8 Å². The van der Waals surface area contributed by atoms with Crippen LogP contribution in [0.1, 0.15) is 16.9 Å². The predicted octanol–water partition coefficient (Wildman–Crippen LogP) is 16.6. The zero-order chi connectivity index (χ0) is 40.3. The summed E-state index contributed by atoms with van der Waals surface area (Å²) in [5.74, 6) is 0. The predicted molar refractivity (Wildman–Crippen MR) is 262 cm³/mol.